The van der Waals surface area contributed by atoms with E-state index in [1.54, 1.807) is 33.1 Å². The van der Waals surface area contributed by atoms with Crippen LogP contribution in [0.3, 0.4) is 0 Å². The minimum Gasteiger partial charge on any atom is -0.493 e. The van der Waals surface area contributed by atoms with Crippen LogP contribution in [0.1, 0.15) is 28.9 Å². The van der Waals surface area contributed by atoms with Gasteiger partial charge in [-0.25, -0.2) is 0 Å². The minimum atomic E-state index is -0.184. The van der Waals surface area contributed by atoms with Crippen LogP contribution in [-0.4, -0.2) is 37.9 Å². The van der Waals surface area contributed by atoms with Crippen LogP contribution in [-0.2, 0) is 11.3 Å². The Morgan fingerprint density at radius 1 is 1.12 bits per heavy atom. The number of benzene rings is 1. The molecule has 2 aromatic rings. The van der Waals surface area contributed by atoms with E-state index in [-0.39, 0.29) is 11.3 Å². The number of aryl methyl sites for hydroxylation is 1. The van der Waals surface area contributed by atoms with Crippen LogP contribution in [0.5, 0.6) is 17.2 Å². The number of furan rings is 1. The molecule has 1 unspecified atom stereocenters. The van der Waals surface area contributed by atoms with E-state index in [1.807, 2.05) is 36.1 Å². The van der Waals surface area contributed by atoms with Crippen molar-refractivity contribution in [2.45, 2.75) is 25.3 Å². The van der Waals surface area contributed by atoms with E-state index in [4.69, 9.17) is 18.6 Å². The van der Waals surface area contributed by atoms with Crippen LogP contribution in [0.4, 0.5) is 0 Å². The number of methoxy groups -OCH3 is 3. The molecule has 1 amide bonds. The summed E-state index contributed by atoms with van der Waals surface area (Å²) in [5.41, 5.74) is 0.881. The molecule has 0 aliphatic carbocycles. The summed E-state index contributed by atoms with van der Waals surface area (Å²) in [7, 11) is 4.75. The van der Waals surface area contributed by atoms with Gasteiger partial charge in [0.05, 0.1) is 27.9 Å². The van der Waals surface area contributed by atoms with Gasteiger partial charge in [0.2, 0.25) is 11.7 Å². The number of amides is 1. The summed E-state index contributed by atoms with van der Waals surface area (Å²) in [5.74, 6) is 4.15. The maximum Gasteiger partial charge on any atom is 0.224 e. The van der Waals surface area contributed by atoms with Crippen molar-refractivity contribution in [3.8, 4) is 17.2 Å². The van der Waals surface area contributed by atoms with Gasteiger partial charge in [0.25, 0.3) is 0 Å². The second-order valence-corrected chi connectivity index (χ2v) is 7.12. The lowest BCUT2D eigenvalue weighted by molar-refractivity contribution is -0.133. The lowest BCUT2D eigenvalue weighted by Crippen LogP contribution is -2.36. The van der Waals surface area contributed by atoms with Gasteiger partial charge in [-0.1, -0.05) is 0 Å². The Morgan fingerprint density at radius 3 is 2.50 bits per heavy atom. The Kier molecular flexibility index (Phi) is 5.66. The van der Waals surface area contributed by atoms with Gasteiger partial charge in [0.1, 0.15) is 16.9 Å². The van der Waals surface area contributed by atoms with E-state index < -0.39 is 0 Å². The number of thioether (sulfide) groups is 1. The number of carbonyl (C=O) groups excluding carboxylic acids is 1. The SMILES string of the molecule is COc1ccc(C2SCCC(=O)N2Cc2ccc(C)o2)c(OC)c1OC. The van der Waals surface area contributed by atoms with Crippen LogP contribution in [0.15, 0.2) is 28.7 Å². The van der Waals surface area contributed by atoms with Crippen molar-refractivity contribution in [2.24, 2.45) is 0 Å². The fourth-order valence-electron chi connectivity index (χ4n) is 3.11. The molecular formula is C19H23NO5S. The maximum atomic E-state index is 12.6. The van der Waals surface area contributed by atoms with Crippen molar-refractivity contribution in [1.29, 1.82) is 0 Å². The van der Waals surface area contributed by atoms with Gasteiger partial charge < -0.3 is 23.5 Å². The first-order valence-corrected chi connectivity index (χ1v) is 9.39. The molecule has 1 aliphatic rings. The van der Waals surface area contributed by atoms with Crippen LogP contribution in [0, 0.1) is 6.92 Å². The van der Waals surface area contributed by atoms with Crippen LogP contribution in [0.25, 0.3) is 0 Å². The highest BCUT2D eigenvalue weighted by Gasteiger charge is 2.34. The molecule has 0 spiro atoms. The minimum absolute atomic E-state index is 0.0969. The van der Waals surface area contributed by atoms with E-state index >= 15 is 0 Å². The molecule has 0 radical (unpaired) electrons. The summed E-state index contributed by atoms with van der Waals surface area (Å²) in [5, 5.41) is -0.184. The maximum absolute atomic E-state index is 12.6. The molecule has 3 rings (SSSR count). The fraction of sp³-hybridized carbons (Fsp3) is 0.421. The monoisotopic (exact) mass is 377 g/mol. The van der Waals surface area contributed by atoms with Crippen molar-refractivity contribution in [3.05, 3.63) is 41.3 Å². The largest absolute Gasteiger partial charge is 0.493 e. The van der Waals surface area contributed by atoms with Gasteiger partial charge >= 0.3 is 0 Å². The molecule has 1 aromatic heterocycles. The first-order valence-electron chi connectivity index (χ1n) is 8.34. The second kappa shape index (κ2) is 7.95. The van der Waals surface area contributed by atoms with E-state index in [0.717, 1.165) is 22.8 Å². The summed E-state index contributed by atoms with van der Waals surface area (Å²) in [6.45, 7) is 2.31. The summed E-state index contributed by atoms with van der Waals surface area (Å²) in [6, 6.07) is 7.58. The standard InChI is InChI=1S/C19H23NO5S/c1-12-5-6-13(25-12)11-20-16(21)9-10-26-19(20)14-7-8-15(22-2)18(24-4)17(14)23-3/h5-8,19H,9-11H2,1-4H3. The first kappa shape index (κ1) is 18.5. The Hall–Kier alpha value is -2.28. The van der Waals surface area contributed by atoms with Crippen molar-refractivity contribution >= 4 is 17.7 Å². The average Bonchev–Trinajstić information content (AvgIpc) is 3.06. The quantitative estimate of drug-likeness (QED) is 0.764. The number of nitrogens with zero attached hydrogens (tertiary/aromatic N) is 1. The van der Waals surface area contributed by atoms with Gasteiger partial charge in [0, 0.05) is 17.7 Å². The van der Waals surface area contributed by atoms with Crippen LogP contribution in [0.2, 0.25) is 0 Å². The van der Waals surface area contributed by atoms with E-state index in [0.29, 0.717) is 30.2 Å². The van der Waals surface area contributed by atoms with Crippen molar-refractivity contribution in [2.75, 3.05) is 27.1 Å². The molecule has 140 valence electrons. The van der Waals surface area contributed by atoms with E-state index in [9.17, 15) is 4.79 Å². The second-order valence-electron chi connectivity index (χ2n) is 5.93. The van der Waals surface area contributed by atoms with E-state index in [2.05, 4.69) is 0 Å². The average molecular weight is 377 g/mol. The number of ether oxygens (including phenoxy) is 3. The van der Waals surface area contributed by atoms with Gasteiger partial charge in [-0.3, -0.25) is 4.79 Å². The molecule has 26 heavy (non-hydrogen) atoms. The predicted molar refractivity (Wildman–Crippen MR) is 99.9 cm³/mol. The van der Waals surface area contributed by atoms with Gasteiger partial charge in [-0.2, -0.15) is 0 Å². The summed E-state index contributed by atoms with van der Waals surface area (Å²) >= 11 is 1.70. The highest BCUT2D eigenvalue weighted by molar-refractivity contribution is 7.99. The Labute approximate surface area is 157 Å². The molecule has 1 aromatic carbocycles. The van der Waals surface area contributed by atoms with E-state index in [1.165, 1.54) is 0 Å². The molecule has 0 N–H and O–H groups in total. The zero-order chi connectivity index (χ0) is 18.7. The summed E-state index contributed by atoms with van der Waals surface area (Å²) in [6.07, 6.45) is 0.510. The third kappa shape index (κ3) is 3.49. The molecule has 1 aliphatic heterocycles. The van der Waals surface area contributed by atoms with Gasteiger partial charge in [-0.05, 0) is 31.2 Å². The molecule has 2 heterocycles. The van der Waals surface area contributed by atoms with Crippen LogP contribution >= 0.6 is 11.8 Å². The van der Waals surface area contributed by atoms with Crippen LogP contribution < -0.4 is 14.2 Å². The normalized spacial score (nSPS) is 17.3. The van der Waals surface area contributed by atoms with Gasteiger partial charge in [0.15, 0.2) is 11.5 Å². The third-order valence-electron chi connectivity index (χ3n) is 4.32. The molecule has 7 heteroatoms. The van der Waals surface area contributed by atoms with Crippen molar-refractivity contribution in [1.82, 2.24) is 4.90 Å². The Morgan fingerprint density at radius 2 is 1.88 bits per heavy atom. The zero-order valence-corrected chi connectivity index (χ0v) is 16.2. The fourth-order valence-corrected chi connectivity index (χ4v) is 4.36. The molecule has 1 atom stereocenters. The lowest BCUT2D eigenvalue weighted by atomic mass is 10.1. The summed E-state index contributed by atoms with van der Waals surface area (Å²) < 4.78 is 22.2. The Balaban J connectivity index is 2.00. The predicted octanol–water partition coefficient (Wildman–Crippen LogP) is 3.78. The highest BCUT2D eigenvalue weighted by Crippen LogP contribution is 2.48. The van der Waals surface area contributed by atoms with Gasteiger partial charge in [-0.15, -0.1) is 11.8 Å². The number of hydrogen-bond acceptors (Lipinski definition) is 6. The number of hydrogen-bond donors (Lipinski definition) is 0. The molecule has 0 bridgehead atoms. The number of rotatable bonds is 6. The third-order valence-corrected chi connectivity index (χ3v) is 5.58. The highest BCUT2D eigenvalue weighted by atomic mass is 32.2. The molecule has 6 nitrogen and oxygen atoms in total. The smallest absolute Gasteiger partial charge is 0.224 e. The van der Waals surface area contributed by atoms with Crippen molar-refractivity contribution < 1.29 is 23.4 Å². The molecule has 0 saturated carbocycles. The first-order chi connectivity index (χ1) is 12.6. The molecule has 1 fully saturated rings. The molecule has 1 saturated heterocycles. The number of carbonyl (C=O) groups is 1. The lowest BCUT2D eigenvalue weighted by Gasteiger charge is -2.35. The Bertz CT molecular complexity index is 788. The summed E-state index contributed by atoms with van der Waals surface area (Å²) in [4.78, 5) is 14.5. The zero-order valence-electron chi connectivity index (χ0n) is 15.4. The molecular weight excluding hydrogens is 354 g/mol. The van der Waals surface area contributed by atoms with Crippen molar-refractivity contribution in [3.63, 3.8) is 0 Å². The topological polar surface area (TPSA) is 61.1 Å².